The van der Waals surface area contributed by atoms with E-state index in [9.17, 15) is 4.79 Å². The first kappa shape index (κ1) is 11.3. The summed E-state index contributed by atoms with van der Waals surface area (Å²) >= 11 is 1.16. The van der Waals surface area contributed by atoms with Crippen LogP contribution in [0.5, 0.6) is 0 Å². The molecule has 0 atom stereocenters. The maximum atomic E-state index is 11.7. The van der Waals surface area contributed by atoms with Crippen molar-refractivity contribution >= 4 is 29.2 Å². The number of nitrogens with one attached hydrogen (secondary N) is 1. The minimum Gasteiger partial charge on any atom is -0.398 e. The maximum absolute atomic E-state index is 11.7. The molecule has 0 aliphatic heterocycles. The number of para-hydroxylation sites is 1. The van der Waals surface area contributed by atoms with Crippen LogP contribution in [-0.4, -0.2) is 9.97 Å². The average Bonchev–Trinajstić information content (AvgIpc) is 2.25. The van der Waals surface area contributed by atoms with E-state index < -0.39 is 0 Å². The first-order valence-electron chi connectivity index (χ1n) is 4.75. The Bertz CT molecular complexity index is 610. The Labute approximate surface area is 101 Å². The van der Waals surface area contributed by atoms with Crippen LogP contribution < -0.4 is 22.8 Å². The second kappa shape index (κ2) is 4.38. The SMILES string of the molecule is Nc1nc(N)c(Sc2ccccc2N)c(=O)[nH]1. The van der Waals surface area contributed by atoms with Crippen LogP contribution in [0, 0.1) is 0 Å². The van der Waals surface area contributed by atoms with Crippen molar-refractivity contribution in [2.75, 3.05) is 17.2 Å². The highest BCUT2D eigenvalue weighted by atomic mass is 32.2. The highest BCUT2D eigenvalue weighted by molar-refractivity contribution is 7.99. The first-order chi connectivity index (χ1) is 8.08. The largest absolute Gasteiger partial charge is 0.398 e. The lowest BCUT2D eigenvalue weighted by atomic mass is 10.3. The second-order valence-corrected chi connectivity index (χ2v) is 4.36. The van der Waals surface area contributed by atoms with Crippen LogP contribution in [0.2, 0.25) is 0 Å². The van der Waals surface area contributed by atoms with E-state index in [-0.39, 0.29) is 22.2 Å². The fraction of sp³-hybridized carbons (Fsp3) is 0. The molecule has 1 aromatic heterocycles. The van der Waals surface area contributed by atoms with E-state index in [0.29, 0.717) is 5.69 Å². The number of nitrogens with two attached hydrogens (primary N) is 3. The molecule has 0 radical (unpaired) electrons. The second-order valence-electron chi connectivity index (χ2n) is 3.31. The molecule has 0 fully saturated rings. The van der Waals surface area contributed by atoms with E-state index in [0.717, 1.165) is 16.7 Å². The van der Waals surface area contributed by atoms with Gasteiger partial charge in [0.05, 0.1) is 0 Å². The zero-order valence-corrected chi connectivity index (χ0v) is 9.62. The molecule has 0 spiro atoms. The number of nitrogen functional groups attached to an aromatic ring is 3. The molecule has 7 N–H and O–H groups in total. The highest BCUT2D eigenvalue weighted by Gasteiger charge is 2.10. The molecule has 0 aliphatic rings. The number of aromatic amines is 1. The van der Waals surface area contributed by atoms with Crippen molar-refractivity contribution in [2.24, 2.45) is 0 Å². The molecular formula is C10H11N5OS. The number of rotatable bonds is 2. The number of hydrogen-bond acceptors (Lipinski definition) is 6. The van der Waals surface area contributed by atoms with Crippen LogP contribution in [0.1, 0.15) is 0 Å². The minimum absolute atomic E-state index is 0.00196. The Morgan fingerprint density at radius 2 is 1.88 bits per heavy atom. The van der Waals surface area contributed by atoms with Gasteiger partial charge in [-0.05, 0) is 12.1 Å². The first-order valence-corrected chi connectivity index (χ1v) is 5.57. The Morgan fingerprint density at radius 1 is 1.18 bits per heavy atom. The van der Waals surface area contributed by atoms with Crippen molar-refractivity contribution in [3.63, 3.8) is 0 Å². The van der Waals surface area contributed by atoms with Gasteiger partial charge in [0.2, 0.25) is 5.95 Å². The van der Waals surface area contributed by atoms with Crippen LogP contribution in [0.3, 0.4) is 0 Å². The molecule has 6 nitrogen and oxygen atoms in total. The molecule has 0 unspecified atom stereocenters. The summed E-state index contributed by atoms with van der Waals surface area (Å²) in [5, 5.41) is 0. The minimum atomic E-state index is -0.372. The predicted molar refractivity (Wildman–Crippen MR) is 68.7 cm³/mol. The molecule has 0 saturated heterocycles. The van der Waals surface area contributed by atoms with Crippen LogP contribution >= 0.6 is 11.8 Å². The standard InChI is InChI=1S/C10H11N5OS/c11-5-3-1-2-4-6(5)17-7-8(12)14-10(13)15-9(7)16/h1-4H,11H2,(H5,12,13,14,15,16). The number of aromatic nitrogens is 2. The van der Waals surface area contributed by atoms with Gasteiger partial charge in [-0.15, -0.1) is 0 Å². The van der Waals surface area contributed by atoms with E-state index >= 15 is 0 Å². The molecule has 0 aliphatic carbocycles. The van der Waals surface area contributed by atoms with E-state index in [1.54, 1.807) is 12.1 Å². The zero-order valence-electron chi connectivity index (χ0n) is 8.81. The molecule has 0 bridgehead atoms. The molecule has 17 heavy (non-hydrogen) atoms. The number of nitrogens with zero attached hydrogens (tertiary/aromatic N) is 1. The fourth-order valence-electron chi connectivity index (χ4n) is 1.28. The van der Waals surface area contributed by atoms with Gasteiger partial charge in [0.15, 0.2) is 0 Å². The smallest absolute Gasteiger partial charge is 0.268 e. The summed E-state index contributed by atoms with van der Waals surface area (Å²) in [7, 11) is 0. The molecule has 1 aromatic carbocycles. The molecule has 0 saturated carbocycles. The van der Waals surface area contributed by atoms with E-state index in [1.807, 2.05) is 12.1 Å². The molecule has 1 heterocycles. The molecule has 0 amide bonds. The van der Waals surface area contributed by atoms with E-state index in [4.69, 9.17) is 17.2 Å². The third-order valence-corrected chi connectivity index (χ3v) is 3.24. The highest BCUT2D eigenvalue weighted by Crippen LogP contribution is 2.31. The van der Waals surface area contributed by atoms with Crippen molar-refractivity contribution in [1.82, 2.24) is 9.97 Å². The van der Waals surface area contributed by atoms with Gasteiger partial charge in [0.1, 0.15) is 10.7 Å². The third-order valence-electron chi connectivity index (χ3n) is 2.05. The summed E-state index contributed by atoms with van der Waals surface area (Å²) < 4.78 is 0. The van der Waals surface area contributed by atoms with Crippen molar-refractivity contribution in [3.8, 4) is 0 Å². The number of benzene rings is 1. The van der Waals surface area contributed by atoms with Crippen LogP contribution in [-0.2, 0) is 0 Å². The molecular weight excluding hydrogens is 238 g/mol. The molecule has 7 heteroatoms. The van der Waals surface area contributed by atoms with Gasteiger partial charge in [0, 0.05) is 10.6 Å². The van der Waals surface area contributed by atoms with Gasteiger partial charge in [-0.1, -0.05) is 23.9 Å². The Morgan fingerprint density at radius 3 is 2.53 bits per heavy atom. The van der Waals surface area contributed by atoms with Gasteiger partial charge < -0.3 is 17.2 Å². The van der Waals surface area contributed by atoms with Gasteiger partial charge >= 0.3 is 0 Å². The lowest BCUT2D eigenvalue weighted by molar-refractivity contribution is 1.07. The van der Waals surface area contributed by atoms with Crippen molar-refractivity contribution in [2.45, 2.75) is 9.79 Å². The maximum Gasteiger partial charge on any atom is 0.268 e. The molecule has 88 valence electrons. The van der Waals surface area contributed by atoms with Gasteiger partial charge in [-0.25, -0.2) is 0 Å². The summed E-state index contributed by atoms with van der Waals surface area (Å²) in [6.45, 7) is 0. The number of H-pyrrole nitrogens is 1. The summed E-state index contributed by atoms with van der Waals surface area (Å²) in [4.78, 5) is 18.9. The summed E-state index contributed by atoms with van der Waals surface area (Å²) in [5.74, 6) is 0.0948. The van der Waals surface area contributed by atoms with Crippen LogP contribution in [0.4, 0.5) is 17.5 Å². The van der Waals surface area contributed by atoms with E-state index in [2.05, 4.69) is 9.97 Å². The number of anilines is 3. The Kier molecular flexibility index (Phi) is 2.92. The average molecular weight is 249 g/mol. The van der Waals surface area contributed by atoms with Crippen molar-refractivity contribution < 1.29 is 0 Å². The van der Waals surface area contributed by atoms with Gasteiger partial charge in [-0.2, -0.15) is 4.98 Å². The molecule has 2 rings (SSSR count). The lowest BCUT2D eigenvalue weighted by Gasteiger charge is -2.06. The van der Waals surface area contributed by atoms with Gasteiger partial charge in [-0.3, -0.25) is 9.78 Å². The Balaban J connectivity index is 2.44. The normalized spacial score (nSPS) is 10.4. The third kappa shape index (κ3) is 2.34. The van der Waals surface area contributed by atoms with Crippen molar-refractivity contribution in [3.05, 3.63) is 34.6 Å². The number of hydrogen-bond donors (Lipinski definition) is 4. The fourth-order valence-corrected chi connectivity index (χ4v) is 2.13. The topological polar surface area (TPSA) is 124 Å². The summed E-state index contributed by atoms with van der Waals surface area (Å²) in [6, 6.07) is 7.19. The quantitative estimate of drug-likeness (QED) is 0.580. The van der Waals surface area contributed by atoms with E-state index in [1.165, 1.54) is 0 Å². The monoisotopic (exact) mass is 249 g/mol. The van der Waals surface area contributed by atoms with Crippen molar-refractivity contribution in [1.29, 1.82) is 0 Å². The van der Waals surface area contributed by atoms with Gasteiger partial charge in [0.25, 0.3) is 5.56 Å². The zero-order chi connectivity index (χ0) is 12.4. The lowest BCUT2D eigenvalue weighted by Crippen LogP contribution is -2.15. The predicted octanol–water partition coefficient (Wildman–Crippen LogP) is 0.668. The summed E-state index contributed by atoms with van der Waals surface area (Å²) in [5.41, 5.74) is 17.0. The van der Waals surface area contributed by atoms with Crippen LogP contribution in [0.25, 0.3) is 0 Å². The van der Waals surface area contributed by atoms with Crippen LogP contribution in [0.15, 0.2) is 38.9 Å². The summed E-state index contributed by atoms with van der Waals surface area (Å²) in [6.07, 6.45) is 0. The Hall–Kier alpha value is -2.15. The molecule has 2 aromatic rings.